The van der Waals surface area contributed by atoms with Crippen LogP contribution in [0.3, 0.4) is 0 Å². The summed E-state index contributed by atoms with van der Waals surface area (Å²) in [6, 6.07) is 5.36. The summed E-state index contributed by atoms with van der Waals surface area (Å²) in [5.74, 6) is -0.0911. The van der Waals surface area contributed by atoms with Gasteiger partial charge in [0.2, 0.25) is 10.0 Å². The molecule has 94 valence electrons. The zero-order valence-corrected chi connectivity index (χ0v) is 10.0. The van der Waals surface area contributed by atoms with Crippen LogP contribution in [0.2, 0.25) is 0 Å². The SMILES string of the molecule is CNCCS(=O)(=O)Nc1cccc([N+](=O)[O-])c1. The van der Waals surface area contributed by atoms with Crippen molar-refractivity contribution >= 4 is 21.4 Å². The molecule has 2 N–H and O–H groups in total. The highest BCUT2D eigenvalue weighted by molar-refractivity contribution is 7.92. The lowest BCUT2D eigenvalue weighted by atomic mass is 10.3. The molecule has 0 amide bonds. The van der Waals surface area contributed by atoms with Gasteiger partial charge in [0.1, 0.15) is 0 Å². The average molecular weight is 259 g/mol. The number of non-ortho nitro benzene ring substituents is 1. The molecular weight excluding hydrogens is 246 g/mol. The van der Waals surface area contributed by atoms with Crippen LogP contribution < -0.4 is 10.0 Å². The van der Waals surface area contributed by atoms with Crippen LogP contribution in [-0.4, -0.2) is 32.7 Å². The molecule has 0 saturated carbocycles. The number of nitro groups is 1. The molecule has 1 rings (SSSR count). The number of nitrogens with zero attached hydrogens (tertiary/aromatic N) is 1. The Labute approximate surface area is 99.0 Å². The highest BCUT2D eigenvalue weighted by Gasteiger charge is 2.12. The van der Waals surface area contributed by atoms with Crippen LogP contribution in [0.15, 0.2) is 24.3 Å². The lowest BCUT2D eigenvalue weighted by Crippen LogP contribution is -2.24. The molecule has 0 aliphatic heterocycles. The fraction of sp³-hybridized carbons (Fsp3) is 0.333. The van der Waals surface area contributed by atoms with Crippen molar-refractivity contribution in [3.63, 3.8) is 0 Å². The van der Waals surface area contributed by atoms with Crippen LogP contribution in [-0.2, 0) is 10.0 Å². The third-order valence-corrected chi connectivity index (χ3v) is 3.24. The number of rotatable bonds is 6. The van der Waals surface area contributed by atoms with Gasteiger partial charge in [0.15, 0.2) is 0 Å². The zero-order valence-electron chi connectivity index (χ0n) is 9.21. The molecule has 7 nitrogen and oxygen atoms in total. The van der Waals surface area contributed by atoms with Crippen molar-refractivity contribution in [2.24, 2.45) is 0 Å². The van der Waals surface area contributed by atoms with Crippen LogP contribution in [0.1, 0.15) is 0 Å². The van der Waals surface area contributed by atoms with E-state index < -0.39 is 14.9 Å². The van der Waals surface area contributed by atoms with Crippen molar-refractivity contribution in [2.75, 3.05) is 24.1 Å². The minimum Gasteiger partial charge on any atom is -0.319 e. The second-order valence-corrected chi connectivity index (χ2v) is 5.17. The molecule has 0 atom stereocenters. The number of nitro benzene ring substituents is 1. The summed E-state index contributed by atoms with van der Waals surface area (Å²) in [5, 5.41) is 13.2. The Bertz CT molecular complexity index is 501. The minimum atomic E-state index is -3.47. The van der Waals surface area contributed by atoms with Crippen LogP contribution in [0.4, 0.5) is 11.4 Å². The Morgan fingerprint density at radius 3 is 2.71 bits per heavy atom. The molecule has 0 aliphatic carbocycles. The second kappa shape index (κ2) is 5.60. The van der Waals surface area contributed by atoms with Crippen molar-refractivity contribution in [2.45, 2.75) is 0 Å². The first-order valence-electron chi connectivity index (χ1n) is 4.84. The molecule has 0 saturated heterocycles. The number of anilines is 1. The first-order valence-corrected chi connectivity index (χ1v) is 6.49. The maximum absolute atomic E-state index is 11.5. The minimum absolute atomic E-state index is 0.0911. The van der Waals surface area contributed by atoms with E-state index in [1.165, 1.54) is 24.3 Å². The Hall–Kier alpha value is -1.67. The van der Waals surface area contributed by atoms with E-state index in [0.29, 0.717) is 6.54 Å². The quantitative estimate of drug-likeness (QED) is 0.574. The first-order chi connectivity index (χ1) is 7.94. The van der Waals surface area contributed by atoms with Crippen molar-refractivity contribution in [1.82, 2.24) is 5.32 Å². The van der Waals surface area contributed by atoms with Crippen LogP contribution in [0.5, 0.6) is 0 Å². The summed E-state index contributed by atoms with van der Waals surface area (Å²) < 4.78 is 25.3. The van der Waals surface area contributed by atoms with Gasteiger partial charge in [-0.05, 0) is 13.1 Å². The van der Waals surface area contributed by atoms with Crippen LogP contribution >= 0.6 is 0 Å². The molecule has 0 bridgehead atoms. The number of benzene rings is 1. The number of hydrogen-bond acceptors (Lipinski definition) is 5. The predicted octanol–water partition coefficient (Wildman–Crippen LogP) is 0.556. The van der Waals surface area contributed by atoms with Gasteiger partial charge in [0, 0.05) is 18.7 Å². The Balaban J connectivity index is 2.81. The number of nitrogens with one attached hydrogen (secondary N) is 2. The number of sulfonamides is 1. The van der Waals surface area contributed by atoms with Crippen molar-refractivity contribution in [3.8, 4) is 0 Å². The van der Waals surface area contributed by atoms with Crippen molar-refractivity contribution in [1.29, 1.82) is 0 Å². The van der Waals surface area contributed by atoms with Gasteiger partial charge in [-0.2, -0.15) is 0 Å². The summed E-state index contributed by atoms with van der Waals surface area (Å²) in [4.78, 5) is 9.93. The summed E-state index contributed by atoms with van der Waals surface area (Å²) in [6.07, 6.45) is 0. The molecule has 0 unspecified atom stereocenters. The van der Waals surface area contributed by atoms with Crippen LogP contribution in [0.25, 0.3) is 0 Å². The van der Waals surface area contributed by atoms with E-state index in [1.807, 2.05) is 0 Å². The van der Waals surface area contributed by atoms with E-state index >= 15 is 0 Å². The van der Waals surface area contributed by atoms with Crippen LogP contribution in [0, 0.1) is 10.1 Å². The Kier molecular flexibility index (Phi) is 4.41. The van der Waals surface area contributed by atoms with Gasteiger partial charge in [0.25, 0.3) is 5.69 Å². The topological polar surface area (TPSA) is 101 Å². The van der Waals surface area contributed by atoms with Gasteiger partial charge in [-0.15, -0.1) is 0 Å². The standard InChI is InChI=1S/C9H13N3O4S/c1-10-5-6-17(15,16)11-8-3-2-4-9(7-8)12(13)14/h2-4,7,10-11H,5-6H2,1H3. The lowest BCUT2D eigenvalue weighted by Gasteiger charge is -2.07. The van der Waals surface area contributed by atoms with Gasteiger partial charge in [0.05, 0.1) is 16.4 Å². The monoisotopic (exact) mass is 259 g/mol. The van der Waals surface area contributed by atoms with Gasteiger partial charge >= 0.3 is 0 Å². The van der Waals surface area contributed by atoms with E-state index in [-0.39, 0.29) is 17.1 Å². The van der Waals surface area contributed by atoms with Gasteiger partial charge in [-0.1, -0.05) is 6.07 Å². The van der Waals surface area contributed by atoms with E-state index in [9.17, 15) is 18.5 Å². The molecular formula is C9H13N3O4S. The summed E-state index contributed by atoms with van der Waals surface area (Å²) in [6.45, 7) is 0.310. The van der Waals surface area contributed by atoms with E-state index in [4.69, 9.17) is 0 Å². The van der Waals surface area contributed by atoms with E-state index in [2.05, 4.69) is 10.0 Å². The lowest BCUT2D eigenvalue weighted by molar-refractivity contribution is -0.384. The molecule has 0 spiro atoms. The number of hydrogen-bond donors (Lipinski definition) is 2. The maximum atomic E-state index is 11.5. The molecule has 1 aromatic carbocycles. The Morgan fingerprint density at radius 1 is 1.41 bits per heavy atom. The highest BCUT2D eigenvalue weighted by atomic mass is 32.2. The van der Waals surface area contributed by atoms with E-state index in [1.54, 1.807) is 7.05 Å². The molecule has 0 radical (unpaired) electrons. The van der Waals surface area contributed by atoms with Gasteiger partial charge in [-0.3, -0.25) is 14.8 Å². The average Bonchev–Trinajstić information content (AvgIpc) is 2.26. The third-order valence-electron chi connectivity index (χ3n) is 1.95. The normalized spacial score (nSPS) is 11.1. The predicted molar refractivity (Wildman–Crippen MR) is 64.4 cm³/mol. The van der Waals surface area contributed by atoms with Gasteiger partial charge in [-0.25, -0.2) is 8.42 Å². The summed E-state index contributed by atoms with van der Waals surface area (Å²) in [7, 11) is -1.83. The highest BCUT2D eigenvalue weighted by Crippen LogP contribution is 2.17. The molecule has 0 heterocycles. The second-order valence-electron chi connectivity index (χ2n) is 3.33. The third kappa shape index (κ3) is 4.37. The van der Waals surface area contributed by atoms with E-state index in [0.717, 1.165) is 0 Å². The fourth-order valence-electron chi connectivity index (χ4n) is 1.15. The van der Waals surface area contributed by atoms with Gasteiger partial charge < -0.3 is 5.32 Å². The molecule has 17 heavy (non-hydrogen) atoms. The fourth-order valence-corrected chi connectivity index (χ4v) is 2.21. The molecule has 0 aliphatic rings. The molecule has 8 heteroatoms. The largest absolute Gasteiger partial charge is 0.319 e. The summed E-state index contributed by atoms with van der Waals surface area (Å²) in [5.41, 5.74) is 0.0362. The van der Waals surface area contributed by atoms with Crippen molar-refractivity contribution in [3.05, 3.63) is 34.4 Å². The summed E-state index contributed by atoms with van der Waals surface area (Å²) >= 11 is 0. The van der Waals surface area contributed by atoms with Crippen molar-refractivity contribution < 1.29 is 13.3 Å². The maximum Gasteiger partial charge on any atom is 0.271 e. The smallest absolute Gasteiger partial charge is 0.271 e. The first kappa shape index (κ1) is 13.4. The zero-order chi connectivity index (χ0) is 12.9. The Morgan fingerprint density at radius 2 is 2.12 bits per heavy atom. The molecule has 1 aromatic rings. The molecule has 0 fully saturated rings. The molecule has 0 aromatic heterocycles.